The summed E-state index contributed by atoms with van der Waals surface area (Å²) in [6.45, 7) is 2.31. The Morgan fingerprint density at radius 3 is 2.72 bits per heavy atom. The molecule has 1 saturated heterocycles. The van der Waals surface area contributed by atoms with Crippen molar-refractivity contribution in [2.24, 2.45) is 0 Å². The molecule has 1 amide bonds. The number of hydrogen-bond acceptors (Lipinski definition) is 6. The maximum Gasteiger partial charge on any atom is 0.273 e. The zero-order valence-corrected chi connectivity index (χ0v) is 14.7. The molecule has 1 fully saturated rings. The number of anilines is 1. The molecule has 0 atom stereocenters. The Balaban J connectivity index is 1.38. The summed E-state index contributed by atoms with van der Waals surface area (Å²) in [5.74, 6) is 0.0199. The van der Waals surface area contributed by atoms with Crippen molar-refractivity contribution in [2.75, 3.05) is 18.2 Å². The maximum absolute atomic E-state index is 12.5. The molecule has 0 spiro atoms. The highest BCUT2D eigenvalue weighted by Crippen LogP contribution is 2.26. The molecular formula is C18H20N4O2S. The Morgan fingerprint density at radius 1 is 1.12 bits per heavy atom. The molecule has 1 aromatic heterocycles. The fraction of sp³-hybridized carbons (Fsp3) is 0.333. The van der Waals surface area contributed by atoms with Crippen molar-refractivity contribution in [3.8, 4) is 0 Å². The average Bonchev–Trinajstić information content (AvgIpc) is 3.32. The molecule has 25 heavy (non-hydrogen) atoms. The Hall–Kier alpha value is -2.38. The van der Waals surface area contributed by atoms with E-state index in [4.69, 9.17) is 4.94 Å². The summed E-state index contributed by atoms with van der Waals surface area (Å²) in [4.78, 5) is 24.6. The first-order valence-corrected chi connectivity index (χ1v) is 9.38. The van der Waals surface area contributed by atoms with E-state index in [9.17, 15) is 4.79 Å². The Labute approximate surface area is 150 Å². The topological polar surface area (TPSA) is 48.9 Å². The van der Waals surface area contributed by atoms with Crippen molar-refractivity contribution in [3.05, 3.63) is 59.4 Å². The normalized spacial score (nSPS) is 17.4. The minimum absolute atomic E-state index is 0.0199. The Morgan fingerprint density at radius 2 is 1.92 bits per heavy atom. The SMILES string of the molecule is O=C(c1csc(N2C=CN(Cc3ccccc3)O2)n1)N1CCCCC1. The molecular weight excluding hydrogens is 336 g/mol. The highest BCUT2D eigenvalue weighted by molar-refractivity contribution is 7.13. The molecule has 6 nitrogen and oxygen atoms in total. The molecule has 2 aliphatic rings. The number of likely N-dealkylation sites (tertiary alicyclic amines) is 1. The molecule has 3 heterocycles. The van der Waals surface area contributed by atoms with E-state index in [1.165, 1.54) is 17.8 Å². The molecule has 0 unspecified atom stereocenters. The number of nitrogens with zero attached hydrogens (tertiary/aromatic N) is 4. The van der Waals surface area contributed by atoms with E-state index < -0.39 is 0 Å². The van der Waals surface area contributed by atoms with Crippen LogP contribution in [-0.2, 0) is 11.5 Å². The zero-order chi connectivity index (χ0) is 17.1. The van der Waals surface area contributed by atoms with Gasteiger partial charge in [-0.25, -0.2) is 10.0 Å². The van der Waals surface area contributed by atoms with Crippen LogP contribution in [0.25, 0.3) is 0 Å². The van der Waals surface area contributed by atoms with Crippen molar-refractivity contribution in [2.45, 2.75) is 25.8 Å². The number of thiazole rings is 1. The predicted molar refractivity (Wildman–Crippen MR) is 96.6 cm³/mol. The summed E-state index contributed by atoms with van der Waals surface area (Å²) >= 11 is 1.41. The molecule has 2 aliphatic heterocycles. The first-order chi connectivity index (χ1) is 12.3. The third-order valence-corrected chi connectivity index (χ3v) is 5.11. The summed E-state index contributed by atoms with van der Waals surface area (Å²) in [6, 6.07) is 10.1. The van der Waals surface area contributed by atoms with E-state index in [0.717, 1.165) is 31.5 Å². The molecule has 130 valence electrons. The van der Waals surface area contributed by atoms with Crippen LogP contribution in [-0.4, -0.2) is 33.9 Å². The second-order valence-electron chi connectivity index (χ2n) is 6.13. The van der Waals surface area contributed by atoms with Gasteiger partial charge in [0, 0.05) is 24.7 Å². The number of carbonyl (C=O) groups is 1. The molecule has 2 aromatic rings. The van der Waals surface area contributed by atoms with Crippen molar-refractivity contribution in [1.82, 2.24) is 14.9 Å². The summed E-state index contributed by atoms with van der Waals surface area (Å²) in [7, 11) is 0. The van der Waals surface area contributed by atoms with E-state index in [1.54, 1.807) is 10.1 Å². The van der Waals surface area contributed by atoms with Gasteiger partial charge in [0.05, 0.1) is 12.7 Å². The lowest BCUT2D eigenvalue weighted by atomic mass is 10.1. The summed E-state index contributed by atoms with van der Waals surface area (Å²) < 4.78 is 0. The number of aromatic nitrogens is 1. The number of carbonyl (C=O) groups excluding carboxylic acids is 1. The number of rotatable bonds is 4. The number of benzene rings is 1. The average molecular weight is 356 g/mol. The number of hydroxylamine groups is 3. The molecule has 0 N–H and O–H groups in total. The molecule has 1 aromatic carbocycles. The van der Waals surface area contributed by atoms with Crippen LogP contribution < -0.4 is 5.06 Å². The van der Waals surface area contributed by atoms with Gasteiger partial charge in [-0.2, -0.15) is 5.06 Å². The van der Waals surface area contributed by atoms with Gasteiger partial charge in [0.15, 0.2) is 0 Å². The largest absolute Gasteiger partial charge is 0.337 e. The summed E-state index contributed by atoms with van der Waals surface area (Å²) in [5, 5.41) is 5.81. The van der Waals surface area contributed by atoms with Gasteiger partial charge in [-0.05, 0) is 24.8 Å². The molecule has 7 heteroatoms. The van der Waals surface area contributed by atoms with E-state index in [0.29, 0.717) is 17.4 Å². The van der Waals surface area contributed by atoms with Crippen LogP contribution >= 0.6 is 11.3 Å². The zero-order valence-electron chi connectivity index (χ0n) is 13.9. The molecule has 0 radical (unpaired) electrons. The van der Waals surface area contributed by atoms with Crippen LogP contribution in [0.3, 0.4) is 0 Å². The lowest BCUT2D eigenvalue weighted by Crippen LogP contribution is -2.35. The van der Waals surface area contributed by atoms with Crippen LogP contribution in [0.5, 0.6) is 0 Å². The van der Waals surface area contributed by atoms with Crippen LogP contribution in [0.1, 0.15) is 35.3 Å². The quantitative estimate of drug-likeness (QED) is 0.840. The van der Waals surface area contributed by atoms with E-state index in [1.807, 2.05) is 40.9 Å². The molecule has 0 bridgehead atoms. The number of amides is 1. The van der Waals surface area contributed by atoms with Crippen LogP contribution in [0.4, 0.5) is 5.13 Å². The van der Waals surface area contributed by atoms with Crippen LogP contribution in [0, 0.1) is 0 Å². The highest BCUT2D eigenvalue weighted by atomic mass is 32.1. The fourth-order valence-corrected chi connectivity index (χ4v) is 3.69. The maximum atomic E-state index is 12.5. The Bertz CT molecular complexity index is 755. The van der Waals surface area contributed by atoms with Crippen molar-refractivity contribution in [3.63, 3.8) is 0 Å². The lowest BCUT2D eigenvalue weighted by molar-refractivity contribution is -0.112. The van der Waals surface area contributed by atoms with Crippen molar-refractivity contribution >= 4 is 22.4 Å². The molecule has 0 saturated carbocycles. The number of hydrogen-bond donors (Lipinski definition) is 0. The fourth-order valence-electron chi connectivity index (χ4n) is 2.97. The third-order valence-electron chi connectivity index (χ3n) is 4.29. The second kappa shape index (κ2) is 7.25. The van der Waals surface area contributed by atoms with Gasteiger partial charge in [-0.15, -0.1) is 16.3 Å². The Kier molecular flexibility index (Phi) is 4.67. The van der Waals surface area contributed by atoms with E-state index >= 15 is 0 Å². The van der Waals surface area contributed by atoms with Gasteiger partial charge in [-0.1, -0.05) is 30.3 Å². The third kappa shape index (κ3) is 3.67. The first kappa shape index (κ1) is 16.1. The van der Waals surface area contributed by atoms with Gasteiger partial charge in [0.1, 0.15) is 5.69 Å². The summed E-state index contributed by atoms with van der Waals surface area (Å²) in [5.41, 5.74) is 1.66. The van der Waals surface area contributed by atoms with Crippen LogP contribution in [0.2, 0.25) is 0 Å². The standard InChI is InChI=1S/C18H20N4O2S/c23-17(20-9-5-2-6-10-20)16-14-25-18(19-16)22-12-11-21(24-22)13-15-7-3-1-4-8-15/h1,3-4,7-8,11-12,14H,2,5-6,9-10,13H2. The van der Waals surface area contributed by atoms with Gasteiger partial charge < -0.3 is 4.90 Å². The monoisotopic (exact) mass is 356 g/mol. The van der Waals surface area contributed by atoms with Gasteiger partial charge in [0.25, 0.3) is 5.91 Å². The van der Waals surface area contributed by atoms with Crippen molar-refractivity contribution < 1.29 is 9.73 Å². The summed E-state index contributed by atoms with van der Waals surface area (Å²) in [6.07, 6.45) is 7.04. The minimum atomic E-state index is 0.0199. The highest BCUT2D eigenvalue weighted by Gasteiger charge is 2.24. The van der Waals surface area contributed by atoms with Crippen LogP contribution in [0.15, 0.2) is 48.1 Å². The van der Waals surface area contributed by atoms with Crippen molar-refractivity contribution in [1.29, 1.82) is 0 Å². The van der Waals surface area contributed by atoms with E-state index in [2.05, 4.69) is 17.1 Å². The van der Waals surface area contributed by atoms with E-state index in [-0.39, 0.29) is 5.91 Å². The predicted octanol–water partition coefficient (Wildman–Crippen LogP) is 3.41. The first-order valence-electron chi connectivity index (χ1n) is 8.50. The minimum Gasteiger partial charge on any atom is -0.337 e. The lowest BCUT2D eigenvalue weighted by Gasteiger charge is -2.25. The van der Waals surface area contributed by atoms with Gasteiger partial charge in [-0.3, -0.25) is 4.79 Å². The van der Waals surface area contributed by atoms with Gasteiger partial charge in [0.2, 0.25) is 5.13 Å². The smallest absolute Gasteiger partial charge is 0.273 e. The van der Waals surface area contributed by atoms with Gasteiger partial charge >= 0.3 is 0 Å². The second-order valence-corrected chi connectivity index (χ2v) is 6.97. The number of piperidine rings is 1. The molecule has 4 rings (SSSR count). The molecule has 0 aliphatic carbocycles.